The van der Waals surface area contributed by atoms with Crippen LogP contribution in [0.3, 0.4) is 0 Å². The van der Waals surface area contributed by atoms with Crippen LogP contribution in [0.4, 0.5) is 0 Å². The van der Waals surface area contributed by atoms with Crippen molar-refractivity contribution in [3.63, 3.8) is 0 Å². The monoisotopic (exact) mass is 228 g/mol. The van der Waals surface area contributed by atoms with E-state index < -0.39 is 5.41 Å². The Morgan fingerprint density at radius 1 is 1.31 bits per heavy atom. The number of hydrogen-bond donors (Lipinski definition) is 2. The predicted octanol–water partition coefficient (Wildman–Crippen LogP) is 2.16. The van der Waals surface area contributed by atoms with E-state index in [1.807, 2.05) is 13.8 Å². The number of hydrogen-bond acceptors (Lipinski definition) is 2. The Morgan fingerprint density at radius 3 is 2.12 bits per heavy atom. The van der Waals surface area contributed by atoms with Gasteiger partial charge in [0.15, 0.2) is 0 Å². The van der Waals surface area contributed by atoms with Gasteiger partial charge in [0.1, 0.15) is 0 Å². The topological polar surface area (TPSA) is 55.1 Å². The van der Waals surface area contributed by atoms with Crippen molar-refractivity contribution in [3.8, 4) is 0 Å². The summed E-state index contributed by atoms with van der Waals surface area (Å²) in [7, 11) is 0. The second kappa shape index (κ2) is 5.67. The fourth-order valence-corrected chi connectivity index (χ4v) is 1.12. The minimum atomic E-state index is -0.424. The van der Waals surface area contributed by atoms with Crippen molar-refractivity contribution in [2.45, 2.75) is 48.0 Å². The molecule has 0 aliphatic heterocycles. The van der Waals surface area contributed by atoms with Gasteiger partial charge in [0.05, 0.1) is 5.41 Å². The lowest BCUT2D eigenvalue weighted by Gasteiger charge is -2.32. The summed E-state index contributed by atoms with van der Waals surface area (Å²) in [5, 5.41) is 3.03. The van der Waals surface area contributed by atoms with Crippen molar-refractivity contribution < 1.29 is 4.79 Å². The van der Waals surface area contributed by atoms with Crippen molar-refractivity contribution in [2.75, 3.05) is 13.1 Å². The molecule has 0 heterocycles. The molecule has 0 aromatic carbocycles. The first-order chi connectivity index (χ1) is 7.19. The van der Waals surface area contributed by atoms with Gasteiger partial charge in [-0.05, 0) is 24.7 Å². The van der Waals surface area contributed by atoms with E-state index in [2.05, 4.69) is 33.0 Å². The normalized spacial score (nSPS) is 16.0. The summed E-state index contributed by atoms with van der Waals surface area (Å²) < 4.78 is 0. The van der Waals surface area contributed by atoms with E-state index in [0.29, 0.717) is 19.0 Å². The molecule has 0 aromatic rings. The molecule has 1 atom stereocenters. The van der Waals surface area contributed by atoms with Gasteiger partial charge in [-0.25, -0.2) is 0 Å². The van der Waals surface area contributed by atoms with Gasteiger partial charge in [0, 0.05) is 13.1 Å². The first kappa shape index (κ1) is 15.4. The Balaban J connectivity index is 4.38. The molecule has 0 saturated carbocycles. The molecule has 0 aliphatic carbocycles. The molecule has 0 saturated heterocycles. The summed E-state index contributed by atoms with van der Waals surface area (Å²) in [6.45, 7) is 13.7. The van der Waals surface area contributed by atoms with Gasteiger partial charge >= 0.3 is 0 Å². The number of nitrogens with two attached hydrogens (primary N) is 1. The van der Waals surface area contributed by atoms with Crippen molar-refractivity contribution in [3.05, 3.63) is 0 Å². The van der Waals surface area contributed by atoms with Crippen LogP contribution in [0, 0.1) is 16.7 Å². The molecule has 3 nitrogen and oxygen atoms in total. The van der Waals surface area contributed by atoms with Crippen LogP contribution in [0.15, 0.2) is 0 Å². The lowest BCUT2D eigenvalue weighted by atomic mass is 9.80. The van der Waals surface area contributed by atoms with Crippen LogP contribution in [0.1, 0.15) is 48.0 Å². The summed E-state index contributed by atoms with van der Waals surface area (Å²) in [4.78, 5) is 12.0. The van der Waals surface area contributed by atoms with Crippen molar-refractivity contribution in [2.24, 2.45) is 22.5 Å². The highest BCUT2D eigenvalue weighted by atomic mass is 16.2. The fraction of sp³-hybridized carbons (Fsp3) is 0.923. The maximum Gasteiger partial charge on any atom is 0.227 e. The Kier molecular flexibility index (Phi) is 5.47. The average Bonchev–Trinajstić information content (AvgIpc) is 2.24. The summed E-state index contributed by atoms with van der Waals surface area (Å²) in [6.07, 6.45) is 0.775. The largest absolute Gasteiger partial charge is 0.355 e. The molecule has 1 unspecified atom stereocenters. The Hall–Kier alpha value is -0.570. The number of amides is 1. The van der Waals surface area contributed by atoms with Crippen LogP contribution in [-0.4, -0.2) is 19.0 Å². The van der Waals surface area contributed by atoms with Gasteiger partial charge in [0.25, 0.3) is 0 Å². The standard InChI is InChI=1S/C13H28N2O/c1-7-13(6,8-14)11(16)15-9-12(4,5)10(2)3/h10H,7-9,14H2,1-6H3,(H,15,16). The van der Waals surface area contributed by atoms with Gasteiger partial charge in [-0.15, -0.1) is 0 Å². The highest BCUT2D eigenvalue weighted by Crippen LogP contribution is 2.26. The molecule has 1 amide bonds. The minimum absolute atomic E-state index is 0.0752. The van der Waals surface area contributed by atoms with Crippen molar-refractivity contribution in [1.29, 1.82) is 0 Å². The third-order valence-corrected chi connectivity index (χ3v) is 4.05. The highest BCUT2D eigenvalue weighted by molar-refractivity contribution is 5.82. The Labute approximate surface area is 100 Å². The van der Waals surface area contributed by atoms with Crippen LogP contribution in [0.25, 0.3) is 0 Å². The Morgan fingerprint density at radius 2 is 1.81 bits per heavy atom. The second-order valence-corrected chi connectivity index (χ2v) is 5.94. The molecule has 0 spiro atoms. The van der Waals surface area contributed by atoms with Gasteiger partial charge in [-0.3, -0.25) is 4.79 Å². The van der Waals surface area contributed by atoms with E-state index in [-0.39, 0.29) is 11.3 Å². The number of carbonyl (C=O) groups is 1. The zero-order valence-corrected chi connectivity index (χ0v) is 11.7. The van der Waals surface area contributed by atoms with Gasteiger partial charge in [0.2, 0.25) is 5.91 Å². The van der Waals surface area contributed by atoms with Crippen LogP contribution in [-0.2, 0) is 4.79 Å². The van der Waals surface area contributed by atoms with Crippen LogP contribution in [0.2, 0.25) is 0 Å². The van der Waals surface area contributed by atoms with E-state index in [9.17, 15) is 4.79 Å². The molecule has 0 rings (SSSR count). The van der Waals surface area contributed by atoms with Gasteiger partial charge in [-0.2, -0.15) is 0 Å². The molecule has 0 aliphatic rings. The molecule has 0 aromatic heterocycles. The smallest absolute Gasteiger partial charge is 0.227 e. The first-order valence-electron chi connectivity index (χ1n) is 6.18. The number of nitrogens with one attached hydrogen (secondary N) is 1. The van der Waals surface area contributed by atoms with Crippen molar-refractivity contribution >= 4 is 5.91 Å². The van der Waals surface area contributed by atoms with E-state index >= 15 is 0 Å². The SMILES string of the molecule is CCC(C)(CN)C(=O)NCC(C)(C)C(C)C. The molecule has 96 valence electrons. The van der Waals surface area contributed by atoms with Crippen molar-refractivity contribution in [1.82, 2.24) is 5.32 Å². The van der Waals surface area contributed by atoms with Crippen LogP contribution >= 0.6 is 0 Å². The third kappa shape index (κ3) is 3.78. The zero-order valence-electron chi connectivity index (χ0n) is 11.7. The van der Waals surface area contributed by atoms with E-state index in [4.69, 9.17) is 5.73 Å². The van der Waals surface area contributed by atoms with E-state index in [0.717, 1.165) is 6.42 Å². The summed E-state index contributed by atoms with van der Waals surface area (Å²) in [5.74, 6) is 0.616. The molecule has 3 N–H and O–H groups in total. The lowest BCUT2D eigenvalue weighted by Crippen LogP contribution is -2.47. The summed E-state index contributed by atoms with van der Waals surface area (Å²) in [5.41, 5.74) is 5.36. The number of rotatable bonds is 6. The second-order valence-electron chi connectivity index (χ2n) is 5.94. The maximum atomic E-state index is 12.0. The lowest BCUT2D eigenvalue weighted by molar-refractivity contribution is -0.130. The predicted molar refractivity (Wildman–Crippen MR) is 69.1 cm³/mol. The summed E-state index contributed by atoms with van der Waals surface area (Å²) in [6, 6.07) is 0. The van der Waals surface area contributed by atoms with Crippen LogP contribution < -0.4 is 11.1 Å². The highest BCUT2D eigenvalue weighted by Gasteiger charge is 2.31. The zero-order chi connectivity index (χ0) is 13.0. The van der Waals surface area contributed by atoms with Gasteiger partial charge in [-0.1, -0.05) is 34.6 Å². The minimum Gasteiger partial charge on any atom is -0.355 e. The summed E-state index contributed by atoms with van der Waals surface area (Å²) >= 11 is 0. The van der Waals surface area contributed by atoms with E-state index in [1.165, 1.54) is 0 Å². The van der Waals surface area contributed by atoms with E-state index in [1.54, 1.807) is 0 Å². The fourth-order valence-electron chi connectivity index (χ4n) is 1.12. The average molecular weight is 228 g/mol. The van der Waals surface area contributed by atoms with Crippen LogP contribution in [0.5, 0.6) is 0 Å². The quantitative estimate of drug-likeness (QED) is 0.732. The molecule has 0 bridgehead atoms. The van der Waals surface area contributed by atoms with Gasteiger partial charge < -0.3 is 11.1 Å². The first-order valence-corrected chi connectivity index (χ1v) is 6.18. The molecule has 0 fully saturated rings. The maximum absolute atomic E-state index is 12.0. The molecule has 3 heteroatoms. The number of carbonyl (C=O) groups excluding carboxylic acids is 1. The molecular weight excluding hydrogens is 200 g/mol. The Bertz CT molecular complexity index is 230. The third-order valence-electron chi connectivity index (χ3n) is 4.05. The molecule has 16 heavy (non-hydrogen) atoms. The molecular formula is C13H28N2O. The molecule has 0 radical (unpaired) electrons.